The molecule has 1 amide bonds. The smallest absolute Gasteiger partial charge is 0.220 e. The summed E-state index contributed by atoms with van der Waals surface area (Å²) in [4.78, 5) is 12.2. The molecular formula is C17H32N2O. The van der Waals surface area contributed by atoms with Gasteiger partial charge in [0.05, 0.1) is 0 Å². The zero-order chi connectivity index (χ0) is 14.4. The first-order valence-corrected chi connectivity index (χ1v) is 8.57. The van der Waals surface area contributed by atoms with E-state index in [1.54, 1.807) is 0 Å². The highest BCUT2D eigenvalue weighted by Gasteiger charge is 2.34. The first kappa shape index (κ1) is 15.8. The summed E-state index contributed by atoms with van der Waals surface area (Å²) in [6, 6.07) is 0. The second-order valence-electron chi connectivity index (χ2n) is 7.50. The number of piperidine rings is 1. The van der Waals surface area contributed by atoms with E-state index >= 15 is 0 Å². The van der Waals surface area contributed by atoms with Gasteiger partial charge in [0.1, 0.15) is 0 Å². The SMILES string of the molecule is CC(C)CC1(CNC(=O)CC2CCCNC2)CCCC1. The van der Waals surface area contributed by atoms with Gasteiger partial charge in [-0.1, -0.05) is 26.7 Å². The number of rotatable bonds is 6. The maximum Gasteiger partial charge on any atom is 0.220 e. The molecule has 1 atom stereocenters. The number of carbonyl (C=O) groups is 1. The molecule has 1 aliphatic heterocycles. The van der Waals surface area contributed by atoms with Crippen LogP contribution < -0.4 is 10.6 Å². The molecule has 0 bridgehead atoms. The van der Waals surface area contributed by atoms with Crippen LogP contribution in [0.5, 0.6) is 0 Å². The molecule has 0 spiro atoms. The van der Waals surface area contributed by atoms with Crippen molar-refractivity contribution in [3.8, 4) is 0 Å². The molecule has 0 aromatic rings. The highest BCUT2D eigenvalue weighted by Crippen LogP contribution is 2.42. The van der Waals surface area contributed by atoms with Gasteiger partial charge in [-0.25, -0.2) is 0 Å². The summed E-state index contributed by atoms with van der Waals surface area (Å²) in [5.74, 6) is 1.55. The normalized spacial score (nSPS) is 25.9. The van der Waals surface area contributed by atoms with Gasteiger partial charge < -0.3 is 10.6 Å². The summed E-state index contributed by atoms with van der Waals surface area (Å²) in [5, 5.41) is 6.64. The van der Waals surface area contributed by atoms with Gasteiger partial charge in [-0.2, -0.15) is 0 Å². The van der Waals surface area contributed by atoms with Crippen LogP contribution in [0.3, 0.4) is 0 Å². The third kappa shape index (κ3) is 4.76. The van der Waals surface area contributed by atoms with Crippen LogP contribution in [-0.2, 0) is 4.79 Å². The van der Waals surface area contributed by atoms with E-state index in [-0.39, 0.29) is 5.91 Å². The van der Waals surface area contributed by atoms with Gasteiger partial charge in [-0.05, 0) is 62.4 Å². The Kier molecular flexibility index (Phi) is 5.88. The maximum atomic E-state index is 12.2. The fraction of sp³-hybridized carbons (Fsp3) is 0.941. The Balaban J connectivity index is 1.75. The summed E-state index contributed by atoms with van der Waals surface area (Å²) >= 11 is 0. The van der Waals surface area contributed by atoms with Gasteiger partial charge in [0.25, 0.3) is 0 Å². The summed E-state index contributed by atoms with van der Waals surface area (Å²) in [7, 11) is 0. The van der Waals surface area contributed by atoms with E-state index in [0.717, 1.165) is 25.6 Å². The van der Waals surface area contributed by atoms with Crippen molar-refractivity contribution in [1.29, 1.82) is 0 Å². The zero-order valence-corrected chi connectivity index (χ0v) is 13.3. The van der Waals surface area contributed by atoms with Crippen molar-refractivity contribution in [2.24, 2.45) is 17.3 Å². The molecular weight excluding hydrogens is 248 g/mol. The zero-order valence-electron chi connectivity index (χ0n) is 13.3. The minimum absolute atomic E-state index is 0.272. The molecule has 2 aliphatic rings. The molecule has 1 unspecified atom stereocenters. The molecule has 1 heterocycles. The average Bonchev–Trinajstić information content (AvgIpc) is 2.86. The molecule has 2 fully saturated rings. The topological polar surface area (TPSA) is 41.1 Å². The maximum absolute atomic E-state index is 12.2. The highest BCUT2D eigenvalue weighted by molar-refractivity contribution is 5.76. The van der Waals surface area contributed by atoms with Crippen molar-refractivity contribution in [2.45, 2.75) is 65.2 Å². The lowest BCUT2D eigenvalue weighted by atomic mass is 9.78. The molecule has 1 saturated carbocycles. The van der Waals surface area contributed by atoms with Crippen LogP contribution >= 0.6 is 0 Å². The molecule has 116 valence electrons. The lowest BCUT2D eigenvalue weighted by Gasteiger charge is -2.31. The van der Waals surface area contributed by atoms with Crippen molar-refractivity contribution in [1.82, 2.24) is 10.6 Å². The minimum Gasteiger partial charge on any atom is -0.356 e. The molecule has 1 saturated heterocycles. The first-order chi connectivity index (χ1) is 9.60. The van der Waals surface area contributed by atoms with Gasteiger partial charge in [0.2, 0.25) is 5.91 Å². The third-order valence-electron chi connectivity index (χ3n) is 5.04. The molecule has 20 heavy (non-hydrogen) atoms. The fourth-order valence-corrected chi connectivity index (χ4v) is 4.16. The van der Waals surface area contributed by atoms with E-state index in [9.17, 15) is 4.79 Å². The van der Waals surface area contributed by atoms with E-state index in [1.165, 1.54) is 44.9 Å². The predicted molar refractivity (Wildman–Crippen MR) is 83.6 cm³/mol. The van der Waals surface area contributed by atoms with Crippen molar-refractivity contribution in [3.05, 3.63) is 0 Å². The highest BCUT2D eigenvalue weighted by atomic mass is 16.1. The van der Waals surface area contributed by atoms with E-state index in [2.05, 4.69) is 24.5 Å². The molecule has 0 radical (unpaired) electrons. The Morgan fingerprint density at radius 2 is 2.05 bits per heavy atom. The summed E-state index contributed by atoms with van der Waals surface area (Å²) < 4.78 is 0. The molecule has 2 N–H and O–H groups in total. The number of carbonyl (C=O) groups excluding carboxylic acids is 1. The summed E-state index contributed by atoms with van der Waals surface area (Å²) in [6.07, 6.45) is 9.69. The largest absolute Gasteiger partial charge is 0.356 e. The van der Waals surface area contributed by atoms with Gasteiger partial charge in [0, 0.05) is 13.0 Å². The lowest BCUT2D eigenvalue weighted by molar-refractivity contribution is -0.122. The van der Waals surface area contributed by atoms with Crippen molar-refractivity contribution >= 4 is 5.91 Å². The van der Waals surface area contributed by atoms with Crippen molar-refractivity contribution < 1.29 is 4.79 Å². The monoisotopic (exact) mass is 280 g/mol. The van der Waals surface area contributed by atoms with Crippen LogP contribution in [-0.4, -0.2) is 25.5 Å². The Morgan fingerprint density at radius 1 is 1.30 bits per heavy atom. The van der Waals surface area contributed by atoms with Crippen LogP contribution in [0.25, 0.3) is 0 Å². The molecule has 3 heteroatoms. The van der Waals surface area contributed by atoms with Crippen LogP contribution in [0.2, 0.25) is 0 Å². The summed E-state index contributed by atoms with van der Waals surface area (Å²) in [5.41, 5.74) is 0.397. The predicted octanol–water partition coefficient (Wildman–Crippen LogP) is 3.10. The molecule has 2 rings (SSSR count). The second kappa shape index (κ2) is 7.44. The van der Waals surface area contributed by atoms with E-state index in [1.807, 2.05) is 0 Å². The minimum atomic E-state index is 0.272. The van der Waals surface area contributed by atoms with Crippen molar-refractivity contribution in [3.63, 3.8) is 0 Å². The Labute approximate surface area is 124 Å². The van der Waals surface area contributed by atoms with Gasteiger partial charge >= 0.3 is 0 Å². The molecule has 0 aromatic carbocycles. The van der Waals surface area contributed by atoms with Crippen molar-refractivity contribution in [2.75, 3.05) is 19.6 Å². The Morgan fingerprint density at radius 3 is 2.65 bits per heavy atom. The van der Waals surface area contributed by atoms with Gasteiger partial charge in [-0.15, -0.1) is 0 Å². The number of hydrogen-bond acceptors (Lipinski definition) is 2. The number of amides is 1. The second-order valence-corrected chi connectivity index (χ2v) is 7.50. The number of nitrogens with one attached hydrogen (secondary N) is 2. The van der Waals surface area contributed by atoms with Crippen LogP contribution in [0.15, 0.2) is 0 Å². The molecule has 3 nitrogen and oxygen atoms in total. The fourth-order valence-electron chi connectivity index (χ4n) is 4.16. The first-order valence-electron chi connectivity index (χ1n) is 8.57. The Bertz CT molecular complexity index is 302. The van der Waals surface area contributed by atoms with Crippen LogP contribution in [0.1, 0.15) is 65.2 Å². The number of hydrogen-bond donors (Lipinski definition) is 2. The third-order valence-corrected chi connectivity index (χ3v) is 5.04. The lowest BCUT2D eigenvalue weighted by Crippen LogP contribution is -2.39. The molecule has 0 aromatic heterocycles. The molecule has 1 aliphatic carbocycles. The van der Waals surface area contributed by atoms with Crippen LogP contribution in [0, 0.1) is 17.3 Å². The summed E-state index contributed by atoms with van der Waals surface area (Å²) in [6.45, 7) is 7.65. The quantitative estimate of drug-likeness (QED) is 0.785. The van der Waals surface area contributed by atoms with Crippen LogP contribution in [0.4, 0.5) is 0 Å². The average molecular weight is 280 g/mol. The van der Waals surface area contributed by atoms with E-state index in [4.69, 9.17) is 0 Å². The van der Waals surface area contributed by atoms with E-state index < -0.39 is 0 Å². The van der Waals surface area contributed by atoms with E-state index in [0.29, 0.717) is 17.8 Å². The van der Waals surface area contributed by atoms with Gasteiger partial charge in [0.15, 0.2) is 0 Å². The standard InChI is InChI=1S/C17H32N2O/c1-14(2)11-17(7-3-4-8-17)13-19-16(20)10-15-6-5-9-18-12-15/h14-15,18H,3-13H2,1-2H3,(H,19,20). The van der Waals surface area contributed by atoms with Gasteiger partial charge in [-0.3, -0.25) is 4.79 Å². The Hall–Kier alpha value is -0.570.